The van der Waals surface area contributed by atoms with Crippen LogP contribution in [0.2, 0.25) is 5.02 Å². The highest BCUT2D eigenvalue weighted by Crippen LogP contribution is 2.25. The first-order chi connectivity index (χ1) is 7.13. The first kappa shape index (κ1) is 12.8. The zero-order valence-corrected chi connectivity index (χ0v) is 10.7. The van der Waals surface area contributed by atoms with Gasteiger partial charge in [0.2, 0.25) is 0 Å². The summed E-state index contributed by atoms with van der Waals surface area (Å²) >= 11 is 9.23. The number of ether oxygens (including phenoxy) is 1. The molecule has 0 aliphatic carbocycles. The molecule has 0 aliphatic heterocycles. The van der Waals surface area contributed by atoms with Crippen LogP contribution in [0.4, 0.5) is 5.69 Å². The highest BCUT2D eigenvalue weighted by atomic mass is 79.9. The molecule has 1 aromatic carbocycles. The molecule has 0 amide bonds. The summed E-state index contributed by atoms with van der Waals surface area (Å²) in [6, 6.07) is 5.45. The molecule has 0 bridgehead atoms. The van der Waals surface area contributed by atoms with E-state index in [-0.39, 0.29) is 0 Å². The van der Waals surface area contributed by atoms with Crippen LogP contribution >= 0.6 is 27.5 Å². The van der Waals surface area contributed by atoms with Crippen LogP contribution in [0.3, 0.4) is 0 Å². The average Bonchev–Trinajstić information content (AvgIpc) is 2.20. The van der Waals surface area contributed by atoms with Gasteiger partial charge < -0.3 is 15.2 Å². The maximum absolute atomic E-state index is 9.43. The van der Waals surface area contributed by atoms with Crippen LogP contribution in [0.1, 0.15) is 0 Å². The van der Waals surface area contributed by atoms with E-state index in [2.05, 4.69) is 21.2 Å². The van der Waals surface area contributed by atoms with Gasteiger partial charge in [-0.1, -0.05) is 11.6 Å². The number of hydrogen-bond donors (Lipinski definition) is 2. The molecule has 15 heavy (non-hydrogen) atoms. The smallest absolute Gasteiger partial charge is 0.0945 e. The lowest BCUT2D eigenvalue weighted by atomic mass is 10.3. The molecule has 1 atom stereocenters. The van der Waals surface area contributed by atoms with E-state index < -0.39 is 6.10 Å². The van der Waals surface area contributed by atoms with E-state index in [4.69, 9.17) is 16.3 Å². The predicted molar refractivity (Wildman–Crippen MR) is 65.5 cm³/mol. The molecule has 0 saturated heterocycles. The molecule has 0 radical (unpaired) electrons. The average molecular weight is 295 g/mol. The van der Waals surface area contributed by atoms with Gasteiger partial charge in [0.05, 0.1) is 12.7 Å². The van der Waals surface area contributed by atoms with Crippen molar-refractivity contribution in [1.29, 1.82) is 0 Å². The zero-order valence-electron chi connectivity index (χ0n) is 8.34. The van der Waals surface area contributed by atoms with Crippen LogP contribution < -0.4 is 5.32 Å². The van der Waals surface area contributed by atoms with Crippen molar-refractivity contribution in [2.75, 3.05) is 25.6 Å². The second kappa shape index (κ2) is 6.33. The Hall–Kier alpha value is -0.290. The van der Waals surface area contributed by atoms with Crippen molar-refractivity contribution < 1.29 is 9.84 Å². The number of anilines is 1. The van der Waals surface area contributed by atoms with E-state index >= 15 is 0 Å². The molecule has 0 aliphatic rings. The van der Waals surface area contributed by atoms with Gasteiger partial charge in [0.15, 0.2) is 0 Å². The molecular weight excluding hydrogens is 281 g/mol. The summed E-state index contributed by atoms with van der Waals surface area (Å²) in [6.07, 6.45) is -0.527. The lowest BCUT2D eigenvalue weighted by Gasteiger charge is -2.13. The van der Waals surface area contributed by atoms with E-state index in [0.29, 0.717) is 18.2 Å². The summed E-state index contributed by atoms with van der Waals surface area (Å²) in [5.41, 5.74) is 0.859. The molecule has 1 rings (SSSR count). The van der Waals surface area contributed by atoms with Crippen molar-refractivity contribution in [2.24, 2.45) is 0 Å². The number of nitrogens with one attached hydrogen (secondary N) is 1. The molecular formula is C10H13BrClNO2. The van der Waals surface area contributed by atoms with Crippen LogP contribution in [-0.2, 0) is 4.74 Å². The van der Waals surface area contributed by atoms with E-state index in [1.807, 2.05) is 6.07 Å². The summed E-state index contributed by atoms with van der Waals surface area (Å²) in [5.74, 6) is 0. The van der Waals surface area contributed by atoms with Gasteiger partial charge in [-0.2, -0.15) is 0 Å². The van der Waals surface area contributed by atoms with Gasteiger partial charge >= 0.3 is 0 Å². The zero-order chi connectivity index (χ0) is 11.3. The number of hydrogen-bond acceptors (Lipinski definition) is 3. The molecule has 2 N–H and O–H groups in total. The SMILES string of the molecule is COCC(O)CNc1cc(Cl)ccc1Br. The third-order valence-electron chi connectivity index (χ3n) is 1.82. The number of benzene rings is 1. The Morgan fingerprint density at radius 2 is 2.33 bits per heavy atom. The second-order valence-corrected chi connectivity index (χ2v) is 4.41. The van der Waals surface area contributed by atoms with Crippen molar-refractivity contribution in [3.8, 4) is 0 Å². The van der Waals surface area contributed by atoms with E-state index in [1.165, 1.54) is 0 Å². The molecule has 0 saturated carbocycles. The minimum Gasteiger partial charge on any atom is -0.389 e. The Kier molecular flexibility index (Phi) is 5.39. The predicted octanol–water partition coefficient (Wildman–Crippen LogP) is 2.52. The highest BCUT2D eigenvalue weighted by Gasteiger charge is 2.05. The highest BCUT2D eigenvalue weighted by molar-refractivity contribution is 9.10. The van der Waals surface area contributed by atoms with Crippen LogP contribution in [0.5, 0.6) is 0 Å². The van der Waals surface area contributed by atoms with Crippen LogP contribution in [-0.4, -0.2) is 31.5 Å². The fourth-order valence-electron chi connectivity index (χ4n) is 1.11. The fourth-order valence-corrected chi connectivity index (χ4v) is 1.67. The summed E-state index contributed by atoms with van der Waals surface area (Å²) in [7, 11) is 1.55. The van der Waals surface area contributed by atoms with Crippen LogP contribution in [0.15, 0.2) is 22.7 Å². The van der Waals surface area contributed by atoms with Gasteiger partial charge in [-0.05, 0) is 34.1 Å². The van der Waals surface area contributed by atoms with Gasteiger partial charge in [0, 0.05) is 28.8 Å². The van der Waals surface area contributed by atoms with Crippen molar-refractivity contribution in [1.82, 2.24) is 0 Å². The van der Waals surface area contributed by atoms with Gasteiger partial charge in [-0.15, -0.1) is 0 Å². The monoisotopic (exact) mass is 293 g/mol. The molecule has 84 valence electrons. The molecule has 0 heterocycles. The van der Waals surface area contributed by atoms with Gasteiger partial charge in [-0.25, -0.2) is 0 Å². The Balaban J connectivity index is 2.53. The van der Waals surface area contributed by atoms with Gasteiger partial charge in [-0.3, -0.25) is 0 Å². The minimum atomic E-state index is -0.527. The first-order valence-corrected chi connectivity index (χ1v) is 5.66. The molecule has 1 aromatic rings. The lowest BCUT2D eigenvalue weighted by molar-refractivity contribution is 0.0727. The van der Waals surface area contributed by atoms with Crippen LogP contribution in [0, 0.1) is 0 Å². The Labute approximate surface area is 103 Å². The molecule has 0 fully saturated rings. The molecule has 0 aromatic heterocycles. The number of aliphatic hydroxyl groups excluding tert-OH is 1. The number of rotatable bonds is 5. The summed E-state index contributed by atoms with van der Waals surface area (Å²) in [5, 5.41) is 13.2. The van der Waals surface area contributed by atoms with Crippen molar-refractivity contribution >= 4 is 33.2 Å². The lowest BCUT2D eigenvalue weighted by Crippen LogP contribution is -2.24. The summed E-state index contributed by atoms with van der Waals surface area (Å²) in [4.78, 5) is 0. The summed E-state index contributed by atoms with van der Waals surface area (Å²) < 4.78 is 5.73. The number of aliphatic hydroxyl groups is 1. The normalized spacial score (nSPS) is 12.5. The van der Waals surface area contributed by atoms with Crippen LogP contribution in [0.25, 0.3) is 0 Å². The first-order valence-electron chi connectivity index (χ1n) is 4.49. The van der Waals surface area contributed by atoms with E-state index in [9.17, 15) is 5.11 Å². The number of halogens is 2. The van der Waals surface area contributed by atoms with Gasteiger partial charge in [0.1, 0.15) is 0 Å². The Morgan fingerprint density at radius 1 is 1.60 bits per heavy atom. The molecule has 0 spiro atoms. The quantitative estimate of drug-likeness (QED) is 0.877. The van der Waals surface area contributed by atoms with E-state index in [1.54, 1.807) is 19.2 Å². The summed E-state index contributed by atoms with van der Waals surface area (Å²) in [6.45, 7) is 0.734. The van der Waals surface area contributed by atoms with Crippen molar-refractivity contribution in [2.45, 2.75) is 6.10 Å². The molecule has 1 unspecified atom stereocenters. The Bertz CT molecular complexity index is 322. The molecule has 5 heteroatoms. The largest absolute Gasteiger partial charge is 0.389 e. The topological polar surface area (TPSA) is 41.5 Å². The van der Waals surface area contributed by atoms with Crippen molar-refractivity contribution in [3.63, 3.8) is 0 Å². The van der Waals surface area contributed by atoms with Gasteiger partial charge in [0.25, 0.3) is 0 Å². The van der Waals surface area contributed by atoms with Crippen molar-refractivity contribution in [3.05, 3.63) is 27.7 Å². The number of methoxy groups -OCH3 is 1. The second-order valence-electron chi connectivity index (χ2n) is 3.11. The third-order valence-corrected chi connectivity index (χ3v) is 2.74. The maximum Gasteiger partial charge on any atom is 0.0945 e. The standard InChI is InChI=1S/C10H13BrClNO2/c1-15-6-8(14)5-13-10-4-7(12)2-3-9(10)11/h2-4,8,13-14H,5-6H2,1H3. The molecule has 3 nitrogen and oxygen atoms in total. The van der Waals surface area contributed by atoms with E-state index in [0.717, 1.165) is 10.2 Å². The third kappa shape index (κ3) is 4.38. The maximum atomic E-state index is 9.43. The Morgan fingerprint density at radius 3 is 3.00 bits per heavy atom. The minimum absolute atomic E-state index is 0.311. The fraction of sp³-hybridized carbons (Fsp3) is 0.400.